The van der Waals surface area contributed by atoms with Crippen LogP contribution in [0.3, 0.4) is 0 Å². The maximum atomic E-state index is 14.8. The summed E-state index contributed by atoms with van der Waals surface area (Å²) in [5.74, 6) is -0.419. The van der Waals surface area contributed by atoms with Crippen molar-refractivity contribution in [3.8, 4) is 22.9 Å². The van der Waals surface area contributed by atoms with E-state index in [1.807, 2.05) is 60.0 Å². The van der Waals surface area contributed by atoms with Crippen LogP contribution in [0.25, 0.3) is 22.3 Å². The summed E-state index contributed by atoms with van der Waals surface area (Å²) in [6, 6.07) is 3.39. The fourth-order valence-electron chi connectivity index (χ4n) is 9.37. The van der Waals surface area contributed by atoms with Crippen molar-refractivity contribution in [3.63, 3.8) is 0 Å². The highest BCUT2D eigenvalue weighted by molar-refractivity contribution is 7.14. The van der Waals surface area contributed by atoms with Gasteiger partial charge in [0.2, 0.25) is 11.8 Å². The van der Waals surface area contributed by atoms with Gasteiger partial charge in [-0.15, -0.1) is 11.3 Å². The number of hydrogen-bond donors (Lipinski definition) is 4. The Morgan fingerprint density at radius 2 is 1.83 bits per heavy atom. The quantitative estimate of drug-likeness (QED) is 0.135. The second kappa shape index (κ2) is 17.8. The van der Waals surface area contributed by atoms with Gasteiger partial charge in [-0.3, -0.25) is 14.5 Å². The van der Waals surface area contributed by atoms with E-state index in [2.05, 4.69) is 20.9 Å². The number of benzene rings is 1. The molecule has 5 aliphatic rings. The molecule has 18 heteroatoms. The minimum absolute atomic E-state index is 0.0340. The zero-order valence-electron chi connectivity index (χ0n) is 37.1. The third-order valence-corrected chi connectivity index (χ3v) is 14.4. The number of carbonyl (C=O) groups excluding carboxylic acids is 3. The number of pyridine rings is 1. The third kappa shape index (κ3) is 9.67. The Kier molecular flexibility index (Phi) is 12.8. The smallest absolute Gasteiger partial charge is 0.408 e. The molecule has 3 aliphatic carbocycles. The molecule has 3 amide bonds. The number of halogens is 1. The molecule has 4 N–H and O–H groups in total. The Balaban J connectivity index is 1.10. The number of alkyl carbamates (subject to hydrolysis) is 1. The Hall–Kier alpha value is -4.45. The van der Waals surface area contributed by atoms with Crippen LogP contribution in [0.1, 0.15) is 80.1 Å². The van der Waals surface area contributed by atoms with E-state index >= 15 is 0 Å². The third-order valence-electron chi connectivity index (χ3n) is 13.3. The Labute approximate surface area is 377 Å². The van der Waals surface area contributed by atoms with Gasteiger partial charge in [-0.1, -0.05) is 45.7 Å². The lowest BCUT2D eigenvalue weighted by Crippen LogP contribution is -2.59. The maximum absolute atomic E-state index is 14.8. The summed E-state index contributed by atoms with van der Waals surface area (Å²) >= 11 is 8.57. The monoisotopic (exact) mass is 909 g/mol. The molecule has 2 saturated heterocycles. The van der Waals surface area contributed by atoms with Gasteiger partial charge in [0.1, 0.15) is 58.7 Å². The summed E-state index contributed by atoms with van der Waals surface area (Å²) in [6.07, 6.45) is 2.09. The van der Waals surface area contributed by atoms with Gasteiger partial charge in [0, 0.05) is 35.8 Å². The first-order chi connectivity index (χ1) is 29.9. The van der Waals surface area contributed by atoms with E-state index in [0.717, 1.165) is 24.5 Å². The van der Waals surface area contributed by atoms with E-state index in [1.165, 1.54) is 22.7 Å². The molecule has 0 spiro atoms. The normalized spacial score (nSPS) is 28.3. The van der Waals surface area contributed by atoms with Crippen LogP contribution in [0.5, 0.6) is 11.5 Å². The van der Waals surface area contributed by atoms with Crippen molar-refractivity contribution in [2.75, 3.05) is 45.3 Å². The van der Waals surface area contributed by atoms with Crippen LogP contribution in [-0.4, -0.2) is 131 Å². The number of nitrogens with zero attached hydrogens (tertiary/aromatic N) is 4. The van der Waals surface area contributed by atoms with Crippen LogP contribution in [0.15, 0.2) is 23.6 Å². The molecule has 8 rings (SSSR count). The van der Waals surface area contributed by atoms with E-state index in [1.54, 1.807) is 12.1 Å². The molecule has 16 nitrogen and oxygen atoms in total. The van der Waals surface area contributed by atoms with Crippen molar-refractivity contribution in [1.29, 1.82) is 0 Å². The van der Waals surface area contributed by atoms with Gasteiger partial charge < -0.3 is 44.9 Å². The molecular weight excluding hydrogens is 850 g/mol. The highest BCUT2D eigenvalue weighted by Gasteiger charge is 2.61. The second-order valence-corrected chi connectivity index (χ2v) is 20.6. The van der Waals surface area contributed by atoms with E-state index in [-0.39, 0.29) is 42.1 Å². The van der Waals surface area contributed by atoms with Gasteiger partial charge in [-0.25, -0.2) is 19.6 Å². The van der Waals surface area contributed by atoms with Gasteiger partial charge in [-0.05, 0) is 81.9 Å². The molecule has 2 aromatic heterocycles. The molecule has 9 atom stereocenters. The number of hydrogen-bond acceptors (Lipinski definition) is 13. The molecule has 1 unspecified atom stereocenters. The minimum Gasteiger partial charge on any atom is -0.490 e. The van der Waals surface area contributed by atoms with Crippen molar-refractivity contribution >= 4 is 62.8 Å². The highest BCUT2D eigenvalue weighted by Crippen LogP contribution is 2.52. The summed E-state index contributed by atoms with van der Waals surface area (Å²) in [4.78, 5) is 68.4. The van der Waals surface area contributed by atoms with Gasteiger partial charge in [0.05, 0.1) is 37.0 Å². The number of ether oxygens (including phenoxy) is 4. The van der Waals surface area contributed by atoms with Gasteiger partial charge in [0.25, 0.3) is 0 Å². The standard InChI is InChI=1S/C45H60ClN7O9S/c1-8-26-18-45(26,41(56)57)51-39(54)33-16-29(19-53(33)40(55)38(44(4,5)6)50-43(58)62-28-14-24-13-25(24)15-28)61-35-17-31(32-22-63-42(49-32)47-23(2)3)48-37-30(35)9-10-34(36(37)46)60-21-27-20-59-12-11-52(27)7/h9-10,17,22-29,33,38H,8,11-16,18-21H2,1-7H3,(H,47,49)(H,50,58)(H,51,54)(H,56,57)/t24-,25+,26-,27-,28?,29-,33+,38-,45-/m1/s1. The number of fused-ring (bicyclic) bond motifs is 2. The zero-order chi connectivity index (χ0) is 45.0. The summed E-state index contributed by atoms with van der Waals surface area (Å²) in [7, 11) is 2.03. The first kappa shape index (κ1) is 45.1. The molecule has 3 aromatic rings. The average Bonchev–Trinajstić information content (AvgIpc) is 3.90. The average molecular weight is 911 g/mol. The van der Waals surface area contributed by atoms with Gasteiger partial charge in [-0.2, -0.15) is 0 Å². The van der Waals surface area contributed by atoms with Crippen LogP contribution in [0.2, 0.25) is 5.02 Å². The lowest BCUT2D eigenvalue weighted by molar-refractivity contribution is -0.146. The van der Waals surface area contributed by atoms with Gasteiger partial charge in [0.15, 0.2) is 5.13 Å². The molecule has 0 radical (unpaired) electrons. The molecule has 1 aromatic carbocycles. The summed E-state index contributed by atoms with van der Waals surface area (Å²) in [5, 5.41) is 22.7. The number of carboxylic acids is 1. The lowest BCUT2D eigenvalue weighted by atomic mass is 9.85. The lowest BCUT2D eigenvalue weighted by Gasteiger charge is -2.35. The van der Waals surface area contributed by atoms with E-state index < -0.39 is 53.0 Å². The summed E-state index contributed by atoms with van der Waals surface area (Å²) in [5.41, 5.74) is -0.714. The Bertz CT molecular complexity index is 2230. The number of carboxylic acid groups (broad SMARTS) is 1. The number of amides is 3. The number of morpholine rings is 1. The SMILES string of the molecule is CC[C@@H]1C[C@]1(NC(=O)[C@@H]1C[C@@H](Oc2cc(-c3csc(NC(C)C)n3)nc3c(Cl)c(OC[C@H]4COCCN4C)ccc23)CN1C(=O)[C@@H](NC(=O)OC1C[C@@H]2C[C@@H]2C1)C(C)(C)C)C(=O)O. The van der Waals surface area contributed by atoms with E-state index in [4.69, 9.17) is 40.5 Å². The number of likely N-dealkylation sites (tertiary alicyclic amines) is 1. The van der Waals surface area contributed by atoms with E-state index in [0.29, 0.717) is 78.3 Å². The van der Waals surface area contributed by atoms with Crippen molar-refractivity contribution in [1.82, 2.24) is 30.4 Å². The molecule has 0 bridgehead atoms. The molecule has 63 heavy (non-hydrogen) atoms. The van der Waals surface area contributed by atoms with Crippen molar-refractivity contribution in [2.24, 2.45) is 23.2 Å². The maximum Gasteiger partial charge on any atom is 0.408 e. The number of nitrogens with one attached hydrogen (secondary N) is 3. The number of rotatable bonds is 15. The Morgan fingerprint density at radius 3 is 2.49 bits per heavy atom. The first-order valence-electron chi connectivity index (χ1n) is 22.2. The van der Waals surface area contributed by atoms with Crippen LogP contribution in [-0.2, 0) is 23.9 Å². The fourth-order valence-corrected chi connectivity index (χ4v) is 10.5. The van der Waals surface area contributed by atoms with Crippen molar-refractivity contribution in [3.05, 3.63) is 28.6 Å². The highest BCUT2D eigenvalue weighted by atomic mass is 35.5. The number of carbonyl (C=O) groups is 4. The second-order valence-electron chi connectivity index (χ2n) is 19.4. The van der Waals surface area contributed by atoms with E-state index in [9.17, 15) is 24.3 Å². The number of thiazole rings is 1. The number of aliphatic carboxylic acids is 1. The van der Waals surface area contributed by atoms with Gasteiger partial charge >= 0.3 is 12.1 Å². The predicted molar refractivity (Wildman–Crippen MR) is 238 cm³/mol. The molecule has 2 aliphatic heterocycles. The van der Waals surface area contributed by atoms with Crippen LogP contribution in [0.4, 0.5) is 9.93 Å². The number of anilines is 1. The number of likely N-dealkylation sites (N-methyl/N-ethyl adjacent to an activating group) is 1. The van der Waals surface area contributed by atoms with Crippen LogP contribution >= 0.6 is 22.9 Å². The zero-order valence-corrected chi connectivity index (χ0v) is 38.6. The van der Waals surface area contributed by atoms with Crippen molar-refractivity contribution in [2.45, 2.75) is 122 Å². The summed E-state index contributed by atoms with van der Waals surface area (Å²) < 4.78 is 24.6. The number of aromatic nitrogens is 2. The van der Waals surface area contributed by atoms with Crippen LogP contribution in [0, 0.1) is 23.2 Å². The predicted octanol–water partition coefficient (Wildman–Crippen LogP) is 6.20. The van der Waals surface area contributed by atoms with Crippen molar-refractivity contribution < 1.29 is 43.2 Å². The molecular formula is C45H60ClN7O9S. The molecule has 4 heterocycles. The molecule has 3 saturated carbocycles. The fraction of sp³-hybridized carbons (Fsp3) is 0.644. The Morgan fingerprint density at radius 1 is 1.06 bits per heavy atom. The summed E-state index contributed by atoms with van der Waals surface area (Å²) in [6.45, 7) is 13.8. The van der Waals surface area contributed by atoms with Crippen LogP contribution < -0.4 is 25.4 Å². The molecule has 5 fully saturated rings. The topological polar surface area (TPSA) is 194 Å². The molecule has 342 valence electrons. The minimum atomic E-state index is -1.42. The first-order valence-corrected chi connectivity index (χ1v) is 23.5. The largest absolute Gasteiger partial charge is 0.490 e.